The van der Waals surface area contributed by atoms with Crippen LogP contribution in [0.1, 0.15) is 0 Å². The first kappa shape index (κ1) is 19.2. The average molecular weight is 452 g/mol. The summed E-state index contributed by atoms with van der Waals surface area (Å²) >= 11 is 15.0. The summed E-state index contributed by atoms with van der Waals surface area (Å²) in [6.07, 6.45) is 0. The van der Waals surface area contributed by atoms with E-state index in [-0.39, 0.29) is 11.4 Å². The molecule has 5 nitrogen and oxygen atoms in total. The Labute approximate surface area is 158 Å². The molecule has 0 aliphatic carbocycles. The quantitative estimate of drug-likeness (QED) is 0.746. The summed E-state index contributed by atoms with van der Waals surface area (Å²) in [5.74, 6) is -0.478. The lowest BCUT2D eigenvalue weighted by Gasteiger charge is -2.17. The molecule has 0 aliphatic rings. The Morgan fingerprint density at radius 2 is 1.79 bits per heavy atom. The van der Waals surface area contributed by atoms with Gasteiger partial charge in [-0.05, 0) is 58.4 Å². The minimum Gasteiger partial charge on any atom is -0.325 e. The van der Waals surface area contributed by atoms with Gasteiger partial charge in [-0.25, -0.2) is 8.42 Å². The predicted octanol–water partition coefficient (Wildman–Crippen LogP) is 4.02. The highest BCUT2D eigenvalue weighted by Crippen LogP contribution is 2.25. The number of anilines is 1. The molecule has 0 bridgehead atoms. The largest absolute Gasteiger partial charge is 0.325 e. The minimum absolute atomic E-state index is 0.0638. The van der Waals surface area contributed by atoms with Crippen molar-refractivity contribution in [1.82, 2.24) is 4.31 Å². The molecular weight excluding hydrogens is 439 g/mol. The highest BCUT2D eigenvalue weighted by atomic mass is 79.9. The number of nitrogens with zero attached hydrogens (tertiary/aromatic N) is 1. The summed E-state index contributed by atoms with van der Waals surface area (Å²) in [6.45, 7) is -0.335. The van der Waals surface area contributed by atoms with E-state index in [4.69, 9.17) is 23.2 Å². The summed E-state index contributed by atoms with van der Waals surface area (Å²) < 4.78 is 26.5. The number of amides is 1. The molecule has 0 saturated heterocycles. The van der Waals surface area contributed by atoms with Gasteiger partial charge in [0.15, 0.2) is 0 Å². The van der Waals surface area contributed by atoms with Crippen LogP contribution < -0.4 is 5.32 Å². The Morgan fingerprint density at radius 3 is 2.38 bits per heavy atom. The maximum atomic E-state index is 12.4. The SMILES string of the molecule is CN(CC(=O)Nc1ccc(Br)c(Cl)c1)S(=O)(=O)c1ccc(Cl)cc1. The molecule has 0 aromatic heterocycles. The van der Waals surface area contributed by atoms with Gasteiger partial charge >= 0.3 is 0 Å². The zero-order chi connectivity index (χ0) is 17.9. The monoisotopic (exact) mass is 450 g/mol. The van der Waals surface area contributed by atoms with Gasteiger partial charge in [-0.1, -0.05) is 23.2 Å². The Kier molecular flexibility index (Phi) is 6.28. The average Bonchev–Trinajstić information content (AvgIpc) is 2.51. The van der Waals surface area contributed by atoms with Crippen LogP contribution in [-0.4, -0.2) is 32.2 Å². The van der Waals surface area contributed by atoms with Gasteiger partial charge in [0.05, 0.1) is 16.5 Å². The van der Waals surface area contributed by atoms with E-state index < -0.39 is 15.9 Å². The van der Waals surface area contributed by atoms with Gasteiger partial charge in [0.2, 0.25) is 15.9 Å². The third kappa shape index (κ3) is 4.70. The lowest BCUT2D eigenvalue weighted by molar-refractivity contribution is -0.116. The summed E-state index contributed by atoms with van der Waals surface area (Å²) in [7, 11) is -2.45. The number of sulfonamides is 1. The molecular formula is C15H13BrCl2N2O3S. The van der Waals surface area contributed by atoms with E-state index >= 15 is 0 Å². The highest BCUT2D eigenvalue weighted by molar-refractivity contribution is 9.10. The van der Waals surface area contributed by atoms with Crippen LogP contribution in [0.25, 0.3) is 0 Å². The Balaban J connectivity index is 2.07. The molecule has 24 heavy (non-hydrogen) atoms. The molecule has 0 atom stereocenters. The van der Waals surface area contributed by atoms with Crippen LogP contribution in [0.3, 0.4) is 0 Å². The smallest absolute Gasteiger partial charge is 0.243 e. The summed E-state index contributed by atoms with van der Waals surface area (Å²) in [5.41, 5.74) is 0.477. The predicted molar refractivity (Wildman–Crippen MR) is 99.0 cm³/mol. The molecule has 0 aliphatic heterocycles. The van der Waals surface area contributed by atoms with Crippen molar-refractivity contribution < 1.29 is 13.2 Å². The fourth-order valence-corrected chi connectivity index (χ4v) is 3.53. The molecule has 0 unspecified atom stereocenters. The zero-order valence-electron chi connectivity index (χ0n) is 12.5. The maximum absolute atomic E-state index is 12.4. The van der Waals surface area contributed by atoms with Gasteiger partial charge < -0.3 is 5.32 Å². The molecule has 2 rings (SSSR count). The van der Waals surface area contributed by atoms with Crippen molar-refractivity contribution in [2.24, 2.45) is 0 Å². The third-order valence-electron chi connectivity index (χ3n) is 3.09. The molecule has 0 spiro atoms. The van der Waals surface area contributed by atoms with Crippen LogP contribution in [0, 0.1) is 0 Å². The van der Waals surface area contributed by atoms with Gasteiger partial charge in [0.1, 0.15) is 0 Å². The number of carbonyl (C=O) groups is 1. The van der Waals surface area contributed by atoms with Crippen molar-refractivity contribution in [3.63, 3.8) is 0 Å². The van der Waals surface area contributed by atoms with E-state index in [0.717, 1.165) is 4.31 Å². The first-order chi connectivity index (χ1) is 11.2. The number of nitrogens with one attached hydrogen (secondary N) is 1. The molecule has 128 valence electrons. The fraction of sp³-hybridized carbons (Fsp3) is 0.133. The normalized spacial score (nSPS) is 11.5. The van der Waals surface area contributed by atoms with Gasteiger partial charge in [-0.15, -0.1) is 0 Å². The summed E-state index contributed by atoms with van der Waals surface area (Å²) in [4.78, 5) is 12.1. The number of benzene rings is 2. The lowest BCUT2D eigenvalue weighted by atomic mass is 10.3. The van der Waals surface area contributed by atoms with Crippen molar-refractivity contribution in [2.45, 2.75) is 4.90 Å². The number of hydrogen-bond donors (Lipinski definition) is 1. The van der Waals surface area contributed by atoms with Crippen molar-refractivity contribution in [1.29, 1.82) is 0 Å². The number of carbonyl (C=O) groups excluding carboxylic acids is 1. The van der Waals surface area contributed by atoms with E-state index in [2.05, 4.69) is 21.2 Å². The van der Waals surface area contributed by atoms with Crippen molar-refractivity contribution in [3.05, 3.63) is 57.0 Å². The number of halogens is 3. The van der Waals surface area contributed by atoms with Crippen LogP contribution in [0.2, 0.25) is 10.0 Å². The van der Waals surface area contributed by atoms with E-state index in [0.29, 0.717) is 20.2 Å². The first-order valence-corrected chi connectivity index (χ1v) is 9.66. The van der Waals surface area contributed by atoms with Crippen LogP contribution in [0.5, 0.6) is 0 Å². The molecule has 0 heterocycles. The van der Waals surface area contributed by atoms with E-state index in [1.54, 1.807) is 18.2 Å². The molecule has 1 N–H and O–H groups in total. The zero-order valence-corrected chi connectivity index (χ0v) is 16.4. The van der Waals surface area contributed by atoms with E-state index in [1.807, 2.05) is 0 Å². The topological polar surface area (TPSA) is 66.5 Å². The Morgan fingerprint density at radius 1 is 1.17 bits per heavy atom. The Bertz CT molecular complexity index is 858. The molecule has 0 radical (unpaired) electrons. The third-order valence-corrected chi connectivity index (χ3v) is 6.39. The number of hydrogen-bond acceptors (Lipinski definition) is 3. The van der Waals surface area contributed by atoms with Crippen molar-refractivity contribution in [3.8, 4) is 0 Å². The molecule has 0 saturated carbocycles. The standard InChI is InChI=1S/C15H13BrCl2N2O3S/c1-20(24(22,23)12-5-2-10(17)3-6-12)9-15(21)19-11-4-7-13(16)14(18)8-11/h2-8H,9H2,1H3,(H,19,21). The fourth-order valence-electron chi connectivity index (χ4n) is 1.85. The van der Waals surface area contributed by atoms with Gasteiger partial charge in [0, 0.05) is 22.2 Å². The van der Waals surface area contributed by atoms with Crippen molar-refractivity contribution >= 4 is 60.7 Å². The van der Waals surface area contributed by atoms with Gasteiger partial charge in [-0.2, -0.15) is 4.31 Å². The number of rotatable bonds is 5. The molecule has 2 aromatic rings. The molecule has 9 heteroatoms. The summed E-state index contributed by atoms with van der Waals surface area (Å²) in [6, 6.07) is 10.6. The first-order valence-electron chi connectivity index (χ1n) is 6.67. The lowest BCUT2D eigenvalue weighted by Crippen LogP contribution is -2.34. The van der Waals surface area contributed by atoms with Gasteiger partial charge in [-0.3, -0.25) is 4.79 Å². The second kappa shape index (κ2) is 7.84. The number of likely N-dealkylation sites (N-methyl/N-ethyl adjacent to an activating group) is 1. The second-order valence-corrected chi connectivity index (χ2v) is 8.63. The Hall–Kier alpha value is -1.12. The van der Waals surface area contributed by atoms with E-state index in [1.165, 1.54) is 31.3 Å². The minimum atomic E-state index is -3.78. The molecule has 1 amide bonds. The van der Waals surface area contributed by atoms with Crippen LogP contribution in [-0.2, 0) is 14.8 Å². The molecule has 0 fully saturated rings. The van der Waals surface area contributed by atoms with Crippen LogP contribution >= 0.6 is 39.1 Å². The van der Waals surface area contributed by atoms with E-state index in [9.17, 15) is 13.2 Å². The summed E-state index contributed by atoms with van der Waals surface area (Å²) in [5, 5.41) is 3.47. The van der Waals surface area contributed by atoms with Crippen LogP contribution in [0.4, 0.5) is 5.69 Å². The van der Waals surface area contributed by atoms with Gasteiger partial charge in [0.25, 0.3) is 0 Å². The van der Waals surface area contributed by atoms with Crippen LogP contribution in [0.15, 0.2) is 51.8 Å². The second-order valence-electron chi connectivity index (χ2n) is 4.89. The maximum Gasteiger partial charge on any atom is 0.243 e. The highest BCUT2D eigenvalue weighted by Gasteiger charge is 2.23. The van der Waals surface area contributed by atoms with Crippen molar-refractivity contribution in [2.75, 3.05) is 18.9 Å². The molecule has 2 aromatic carbocycles.